The van der Waals surface area contributed by atoms with Gasteiger partial charge in [0.25, 0.3) is 0 Å². The van der Waals surface area contributed by atoms with Crippen molar-refractivity contribution in [3.05, 3.63) is 28.9 Å². The first-order valence-electron chi connectivity index (χ1n) is 8.14. The summed E-state index contributed by atoms with van der Waals surface area (Å²) in [6, 6.07) is 5.19. The van der Waals surface area contributed by atoms with E-state index in [0.29, 0.717) is 38.3 Å². The second-order valence-electron chi connectivity index (χ2n) is 7.08. The van der Waals surface area contributed by atoms with Crippen LogP contribution >= 0.6 is 22.2 Å². The van der Waals surface area contributed by atoms with Crippen molar-refractivity contribution in [1.29, 1.82) is 0 Å². The van der Waals surface area contributed by atoms with Crippen molar-refractivity contribution >= 4 is 28.3 Å². The van der Waals surface area contributed by atoms with Crippen LogP contribution < -0.4 is 5.32 Å². The zero-order valence-electron chi connectivity index (χ0n) is 15.0. The minimum absolute atomic E-state index is 0.289. The molecule has 0 bridgehead atoms. The average molecular weight is 400 g/mol. The number of benzene rings is 1. The van der Waals surface area contributed by atoms with Crippen LogP contribution in [0, 0.1) is 6.92 Å². The lowest BCUT2D eigenvalue weighted by Gasteiger charge is -2.28. The number of carbonyl (C=O) groups excluding carboxylic acids is 1. The van der Waals surface area contributed by atoms with Crippen LogP contribution in [0.5, 0.6) is 0 Å². The molecule has 0 radical (unpaired) electrons. The predicted molar refractivity (Wildman–Crippen MR) is 101 cm³/mol. The van der Waals surface area contributed by atoms with Crippen LogP contribution in [-0.2, 0) is 11.3 Å². The molecule has 0 spiro atoms. The number of aryl methyl sites for hydroxylation is 1. The number of alkyl carbamates (subject to hydrolysis) is 1. The molecule has 9 heteroatoms. The van der Waals surface area contributed by atoms with Gasteiger partial charge in [-0.1, -0.05) is 23.7 Å². The Kier molecular flexibility index (Phi) is 4.72. The van der Waals surface area contributed by atoms with Gasteiger partial charge in [0, 0.05) is 12.1 Å². The summed E-state index contributed by atoms with van der Waals surface area (Å²) in [7, 11) is -3.20. The minimum atomic E-state index is -3.20. The molecule has 0 saturated heterocycles. The summed E-state index contributed by atoms with van der Waals surface area (Å²) < 4.78 is 28.3. The smallest absolute Gasteiger partial charge is 0.407 e. The Morgan fingerprint density at radius 1 is 1.35 bits per heavy atom. The quantitative estimate of drug-likeness (QED) is 0.705. The first-order valence-corrected chi connectivity index (χ1v) is 10.1. The number of carbonyl (C=O) groups is 1. The highest BCUT2D eigenvalue weighted by Crippen LogP contribution is 2.69. The Balaban J connectivity index is 1.85. The highest BCUT2D eigenvalue weighted by atomic mass is 35.5. The van der Waals surface area contributed by atoms with E-state index in [1.807, 2.05) is 0 Å². The Morgan fingerprint density at radius 3 is 2.69 bits per heavy atom. The zero-order chi connectivity index (χ0) is 19.3. The summed E-state index contributed by atoms with van der Waals surface area (Å²) >= 11 is 6.21. The number of aromatic nitrogens is 2. The van der Waals surface area contributed by atoms with Crippen LogP contribution in [0.4, 0.5) is 4.79 Å². The molecule has 1 aliphatic heterocycles. The third-order valence-electron chi connectivity index (χ3n) is 3.86. The second-order valence-corrected chi connectivity index (χ2v) is 9.40. The van der Waals surface area contributed by atoms with Crippen molar-refractivity contribution < 1.29 is 18.6 Å². The fourth-order valence-electron chi connectivity index (χ4n) is 2.99. The van der Waals surface area contributed by atoms with Gasteiger partial charge in [0.2, 0.25) is 0 Å². The number of fused-ring (bicyclic) bond motifs is 3. The third kappa shape index (κ3) is 3.29. The van der Waals surface area contributed by atoms with Crippen molar-refractivity contribution in [1.82, 2.24) is 15.1 Å². The van der Waals surface area contributed by atoms with Crippen molar-refractivity contribution in [2.75, 3.05) is 6.54 Å². The van der Waals surface area contributed by atoms with Crippen molar-refractivity contribution in [3.63, 3.8) is 0 Å². The van der Waals surface area contributed by atoms with Gasteiger partial charge in [-0.2, -0.15) is 5.10 Å². The molecule has 2 heterocycles. The van der Waals surface area contributed by atoms with Gasteiger partial charge in [-0.25, -0.2) is 4.79 Å². The van der Waals surface area contributed by atoms with Crippen LogP contribution in [0.15, 0.2) is 28.0 Å². The molecular weight excluding hydrogens is 378 g/mol. The number of hydrogen-bond acceptors (Lipinski definition) is 5. The van der Waals surface area contributed by atoms with Gasteiger partial charge >= 0.3 is 6.09 Å². The SMILES string of the molecule is Cc1nn(CCNC(=O)OC(C)(C)C)c2c1S(O)(O)c1c(Cl)cccc1-2. The second kappa shape index (κ2) is 6.45. The molecular formula is C17H22ClN3O4S. The number of rotatable bonds is 3. The van der Waals surface area contributed by atoms with E-state index in [9.17, 15) is 13.9 Å². The van der Waals surface area contributed by atoms with Crippen LogP contribution in [0.25, 0.3) is 11.3 Å². The molecule has 1 aliphatic rings. The number of hydrogen-bond donors (Lipinski definition) is 3. The molecule has 0 aliphatic carbocycles. The van der Waals surface area contributed by atoms with Crippen LogP contribution in [0.3, 0.4) is 0 Å². The number of nitrogens with zero attached hydrogens (tertiary/aromatic N) is 2. The molecule has 0 saturated carbocycles. The van der Waals surface area contributed by atoms with E-state index in [2.05, 4.69) is 10.4 Å². The molecule has 0 unspecified atom stereocenters. The van der Waals surface area contributed by atoms with E-state index < -0.39 is 22.3 Å². The van der Waals surface area contributed by atoms with Gasteiger partial charge < -0.3 is 10.1 Å². The summed E-state index contributed by atoms with van der Waals surface area (Å²) in [6.45, 7) is 7.75. The fraction of sp³-hybridized carbons (Fsp3) is 0.412. The Labute approximate surface area is 158 Å². The Bertz CT molecular complexity index is 874. The maximum atomic E-state index is 11.8. The van der Waals surface area contributed by atoms with Crippen LogP contribution in [0.2, 0.25) is 5.02 Å². The minimum Gasteiger partial charge on any atom is -0.444 e. The van der Waals surface area contributed by atoms with Crippen molar-refractivity contribution in [2.45, 2.75) is 49.6 Å². The maximum absolute atomic E-state index is 11.8. The third-order valence-corrected chi connectivity index (χ3v) is 6.35. The van der Waals surface area contributed by atoms with Crippen molar-refractivity contribution in [3.8, 4) is 11.3 Å². The van der Waals surface area contributed by atoms with E-state index >= 15 is 0 Å². The lowest BCUT2D eigenvalue weighted by atomic mass is 10.1. The lowest BCUT2D eigenvalue weighted by molar-refractivity contribution is 0.0525. The maximum Gasteiger partial charge on any atom is 0.407 e. The topological polar surface area (TPSA) is 96.6 Å². The predicted octanol–water partition coefficient (Wildman–Crippen LogP) is 4.52. The summed E-state index contributed by atoms with van der Waals surface area (Å²) in [6.07, 6.45) is -0.509. The largest absolute Gasteiger partial charge is 0.444 e. The Hall–Kier alpha value is -1.74. The standard InChI is InChI=1S/C17H22ClN3O4S/c1-10-14-13(11-6-5-7-12(18)15(11)26(14,23)24)21(20-10)9-8-19-16(22)25-17(2,3)4/h5-7,23-24H,8-9H2,1-4H3,(H,19,22). The highest BCUT2D eigenvalue weighted by molar-refractivity contribution is 8.25. The molecule has 1 aromatic carbocycles. The normalized spacial score (nSPS) is 16.0. The molecule has 3 rings (SSSR count). The van der Waals surface area contributed by atoms with Crippen LogP contribution in [0.1, 0.15) is 26.5 Å². The van der Waals surface area contributed by atoms with Gasteiger partial charge in [0.1, 0.15) is 10.5 Å². The highest BCUT2D eigenvalue weighted by Gasteiger charge is 2.40. The van der Waals surface area contributed by atoms with Crippen LogP contribution in [-0.4, -0.2) is 37.1 Å². The van der Waals surface area contributed by atoms with E-state index in [-0.39, 0.29) is 6.54 Å². The number of halogens is 1. The number of ether oxygens (including phenoxy) is 1. The first kappa shape index (κ1) is 19.0. The van der Waals surface area contributed by atoms with Crippen molar-refractivity contribution in [2.24, 2.45) is 0 Å². The summed E-state index contributed by atoms with van der Waals surface area (Å²) in [5.74, 6) is 0. The molecule has 142 valence electrons. The average Bonchev–Trinajstić information content (AvgIpc) is 2.93. The molecule has 7 nitrogen and oxygen atoms in total. The summed E-state index contributed by atoms with van der Waals surface area (Å²) in [4.78, 5) is 12.5. The van der Waals surface area contributed by atoms with Gasteiger partial charge in [-0.05, 0) is 33.8 Å². The molecule has 1 amide bonds. The van der Waals surface area contributed by atoms with E-state index in [1.165, 1.54) is 0 Å². The van der Waals surface area contributed by atoms with Gasteiger partial charge in [-0.15, -0.1) is 10.6 Å². The number of amides is 1. The van der Waals surface area contributed by atoms with E-state index in [1.54, 1.807) is 50.6 Å². The molecule has 26 heavy (non-hydrogen) atoms. The molecule has 1 aromatic heterocycles. The molecule has 0 fully saturated rings. The van der Waals surface area contributed by atoms with Gasteiger partial charge in [0.05, 0.1) is 27.9 Å². The Morgan fingerprint density at radius 2 is 2.04 bits per heavy atom. The monoisotopic (exact) mass is 399 g/mol. The first-order chi connectivity index (χ1) is 12.0. The number of nitrogens with one attached hydrogen (secondary N) is 1. The van der Waals surface area contributed by atoms with E-state index in [4.69, 9.17) is 16.3 Å². The molecule has 0 atom stereocenters. The zero-order valence-corrected chi connectivity index (χ0v) is 16.6. The molecule has 2 aromatic rings. The fourth-order valence-corrected chi connectivity index (χ4v) is 5.44. The van der Waals surface area contributed by atoms with E-state index in [0.717, 1.165) is 0 Å². The lowest BCUT2D eigenvalue weighted by Crippen LogP contribution is -2.34. The van der Waals surface area contributed by atoms with Gasteiger partial charge in [0.15, 0.2) is 0 Å². The summed E-state index contributed by atoms with van der Waals surface area (Å²) in [5, 5.41) is 7.40. The van der Waals surface area contributed by atoms with Gasteiger partial charge in [-0.3, -0.25) is 13.8 Å². The summed E-state index contributed by atoms with van der Waals surface area (Å²) in [5.41, 5.74) is 1.25. The molecule has 3 N–H and O–H groups in total.